The molecule has 0 saturated carbocycles. The molecule has 0 bridgehead atoms. The standard InChI is InChI=1S/C14H14N2O/c1-2-3-9-16-14(17)13-12-7-5-4-6-11(12)8-10-15-13/h2,4-8,10H,1,3,9H2,(H,16,17). The van der Waals surface area contributed by atoms with Crippen molar-refractivity contribution in [3.8, 4) is 0 Å². The van der Waals surface area contributed by atoms with E-state index in [2.05, 4.69) is 16.9 Å². The van der Waals surface area contributed by atoms with Crippen molar-refractivity contribution in [1.82, 2.24) is 10.3 Å². The van der Waals surface area contributed by atoms with E-state index in [-0.39, 0.29) is 5.91 Å². The maximum atomic E-state index is 11.9. The van der Waals surface area contributed by atoms with E-state index < -0.39 is 0 Å². The number of amides is 1. The summed E-state index contributed by atoms with van der Waals surface area (Å²) in [5, 5.41) is 4.72. The van der Waals surface area contributed by atoms with Crippen molar-refractivity contribution in [3.05, 3.63) is 54.9 Å². The number of aromatic nitrogens is 1. The minimum Gasteiger partial charge on any atom is -0.350 e. The Morgan fingerprint density at radius 2 is 2.18 bits per heavy atom. The van der Waals surface area contributed by atoms with Crippen LogP contribution in [0.5, 0.6) is 0 Å². The number of carbonyl (C=O) groups is 1. The number of hydrogen-bond donors (Lipinski definition) is 1. The van der Waals surface area contributed by atoms with Gasteiger partial charge in [-0.25, -0.2) is 0 Å². The second-order valence-electron chi connectivity index (χ2n) is 3.71. The number of benzene rings is 1. The van der Waals surface area contributed by atoms with Gasteiger partial charge in [0.1, 0.15) is 5.69 Å². The zero-order valence-electron chi connectivity index (χ0n) is 9.52. The molecule has 1 heterocycles. The number of nitrogens with one attached hydrogen (secondary N) is 1. The number of carbonyl (C=O) groups excluding carboxylic acids is 1. The van der Waals surface area contributed by atoms with Crippen LogP contribution in [0.3, 0.4) is 0 Å². The molecule has 0 aliphatic heterocycles. The second-order valence-corrected chi connectivity index (χ2v) is 3.71. The summed E-state index contributed by atoms with van der Waals surface area (Å²) in [4.78, 5) is 16.1. The third-order valence-corrected chi connectivity index (χ3v) is 2.52. The van der Waals surface area contributed by atoms with Crippen molar-refractivity contribution in [2.24, 2.45) is 0 Å². The van der Waals surface area contributed by atoms with Crippen LogP contribution in [0.25, 0.3) is 10.8 Å². The van der Waals surface area contributed by atoms with Gasteiger partial charge in [-0.05, 0) is 17.9 Å². The van der Waals surface area contributed by atoms with Gasteiger partial charge in [-0.2, -0.15) is 0 Å². The molecular formula is C14H14N2O. The molecule has 0 spiro atoms. The van der Waals surface area contributed by atoms with E-state index in [4.69, 9.17) is 0 Å². The van der Waals surface area contributed by atoms with Gasteiger partial charge in [-0.3, -0.25) is 9.78 Å². The van der Waals surface area contributed by atoms with Crippen molar-refractivity contribution < 1.29 is 4.79 Å². The van der Waals surface area contributed by atoms with Gasteiger partial charge >= 0.3 is 0 Å². The molecule has 0 unspecified atom stereocenters. The second kappa shape index (κ2) is 5.25. The molecule has 3 nitrogen and oxygen atoms in total. The quantitative estimate of drug-likeness (QED) is 0.643. The van der Waals surface area contributed by atoms with Crippen LogP contribution in [0.4, 0.5) is 0 Å². The summed E-state index contributed by atoms with van der Waals surface area (Å²) in [6, 6.07) is 9.63. The molecule has 17 heavy (non-hydrogen) atoms. The first kappa shape index (κ1) is 11.3. The Labute approximate surface area is 100 Å². The number of fused-ring (bicyclic) bond motifs is 1. The number of rotatable bonds is 4. The van der Waals surface area contributed by atoms with Crippen LogP contribution in [0.2, 0.25) is 0 Å². The van der Waals surface area contributed by atoms with Gasteiger partial charge in [0.15, 0.2) is 0 Å². The molecule has 1 aromatic heterocycles. The molecule has 0 aliphatic rings. The lowest BCUT2D eigenvalue weighted by molar-refractivity contribution is 0.0951. The van der Waals surface area contributed by atoms with Crippen LogP contribution >= 0.6 is 0 Å². The summed E-state index contributed by atoms with van der Waals surface area (Å²) >= 11 is 0. The average molecular weight is 226 g/mol. The lowest BCUT2D eigenvalue weighted by atomic mass is 10.1. The molecular weight excluding hydrogens is 212 g/mol. The molecule has 2 aromatic rings. The Bertz CT molecular complexity index is 543. The SMILES string of the molecule is C=CCCNC(=O)c1nccc2ccccc12. The van der Waals surface area contributed by atoms with E-state index in [9.17, 15) is 4.79 Å². The molecule has 1 amide bonds. The minimum atomic E-state index is -0.136. The van der Waals surface area contributed by atoms with E-state index >= 15 is 0 Å². The Hall–Kier alpha value is -2.16. The van der Waals surface area contributed by atoms with Crippen LogP contribution in [-0.4, -0.2) is 17.4 Å². The third kappa shape index (κ3) is 2.50. The first-order valence-corrected chi connectivity index (χ1v) is 5.56. The fraction of sp³-hybridized carbons (Fsp3) is 0.143. The van der Waals surface area contributed by atoms with Crippen LogP contribution in [0, 0.1) is 0 Å². The fourth-order valence-corrected chi connectivity index (χ4v) is 1.67. The van der Waals surface area contributed by atoms with Crippen molar-refractivity contribution in [3.63, 3.8) is 0 Å². The molecule has 86 valence electrons. The summed E-state index contributed by atoms with van der Waals surface area (Å²) in [6.07, 6.45) is 4.19. The lowest BCUT2D eigenvalue weighted by Crippen LogP contribution is -2.25. The smallest absolute Gasteiger partial charge is 0.270 e. The Balaban J connectivity index is 2.28. The van der Waals surface area contributed by atoms with Crippen molar-refractivity contribution in [2.75, 3.05) is 6.54 Å². The van der Waals surface area contributed by atoms with Gasteiger partial charge < -0.3 is 5.32 Å². The predicted octanol–water partition coefficient (Wildman–Crippen LogP) is 2.54. The third-order valence-electron chi connectivity index (χ3n) is 2.52. The lowest BCUT2D eigenvalue weighted by Gasteiger charge is -2.05. The molecule has 2 rings (SSSR count). The normalized spacial score (nSPS) is 10.1. The van der Waals surface area contributed by atoms with Gasteiger partial charge in [0.05, 0.1) is 0 Å². The largest absolute Gasteiger partial charge is 0.350 e. The van der Waals surface area contributed by atoms with E-state index in [0.29, 0.717) is 12.2 Å². The van der Waals surface area contributed by atoms with Gasteiger partial charge in [-0.15, -0.1) is 6.58 Å². The summed E-state index contributed by atoms with van der Waals surface area (Å²) in [5.41, 5.74) is 0.479. The van der Waals surface area contributed by atoms with Crippen LogP contribution in [0.1, 0.15) is 16.9 Å². The fourth-order valence-electron chi connectivity index (χ4n) is 1.67. The van der Waals surface area contributed by atoms with Crippen LogP contribution < -0.4 is 5.32 Å². The summed E-state index contributed by atoms with van der Waals surface area (Å²) in [5.74, 6) is -0.136. The van der Waals surface area contributed by atoms with E-state index in [1.165, 1.54) is 0 Å². The zero-order valence-corrected chi connectivity index (χ0v) is 9.52. The first-order chi connectivity index (χ1) is 8.33. The monoisotopic (exact) mass is 226 g/mol. The summed E-state index contributed by atoms with van der Waals surface area (Å²) < 4.78 is 0. The van der Waals surface area contributed by atoms with Gasteiger partial charge in [-0.1, -0.05) is 30.3 Å². The molecule has 0 atom stereocenters. The van der Waals surface area contributed by atoms with Crippen molar-refractivity contribution in [2.45, 2.75) is 6.42 Å². The molecule has 1 N–H and O–H groups in total. The van der Waals surface area contributed by atoms with E-state index in [0.717, 1.165) is 17.2 Å². The van der Waals surface area contributed by atoms with Crippen LogP contribution in [0.15, 0.2) is 49.2 Å². The Kier molecular flexibility index (Phi) is 3.50. The first-order valence-electron chi connectivity index (χ1n) is 5.56. The van der Waals surface area contributed by atoms with Crippen molar-refractivity contribution in [1.29, 1.82) is 0 Å². The van der Waals surface area contributed by atoms with Gasteiger partial charge in [0, 0.05) is 18.1 Å². The summed E-state index contributed by atoms with van der Waals surface area (Å²) in [6.45, 7) is 4.20. The van der Waals surface area contributed by atoms with E-state index in [1.807, 2.05) is 30.3 Å². The average Bonchev–Trinajstić information content (AvgIpc) is 2.38. The minimum absolute atomic E-state index is 0.136. The number of hydrogen-bond acceptors (Lipinski definition) is 2. The molecule has 0 fully saturated rings. The molecule has 0 aliphatic carbocycles. The number of pyridine rings is 1. The highest BCUT2D eigenvalue weighted by Crippen LogP contribution is 2.15. The van der Waals surface area contributed by atoms with E-state index in [1.54, 1.807) is 12.3 Å². The maximum absolute atomic E-state index is 11.9. The molecule has 1 aromatic carbocycles. The topological polar surface area (TPSA) is 42.0 Å². The highest BCUT2D eigenvalue weighted by molar-refractivity contribution is 6.05. The Morgan fingerprint density at radius 3 is 3.00 bits per heavy atom. The Morgan fingerprint density at radius 1 is 1.35 bits per heavy atom. The highest BCUT2D eigenvalue weighted by atomic mass is 16.1. The van der Waals surface area contributed by atoms with Gasteiger partial charge in [0.2, 0.25) is 0 Å². The van der Waals surface area contributed by atoms with Gasteiger partial charge in [0.25, 0.3) is 5.91 Å². The predicted molar refractivity (Wildman–Crippen MR) is 68.9 cm³/mol. The van der Waals surface area contributed by atoms with Crippen molar-refractivity contribution >= 4 is 16.7 Å². The molecule has 0 saturated heterocycles. The highest BCUT2D eigenvalue weighted by Gasteiger charge is 2.09. The van der Waals surface area contributed by atoms with Crippen LogP contribution in [-0.2, 0) is 0 Å². The molecule has 0 radical (unpaired) electrons. The zero-order chi connectivity index (χ0) is 12.1. The maximum Gasteiger partial charge on any atom is 0.270 e. The number of nitrogens with zero attached hydrogens (tertiary/aromatic N) is 1. The molecule has 3 heteroatoms. The summed E-state index contributed by atoms with van der Waals surface area (Å²) in [7, 11) is 0.